The smallest absolute Gasteiger partial charge is 0.213 e. The summed E-state index contributed by atoms with van der Waals surface area (Å²) >= 11 is 5.63. The predicted molar refractivity (Wildman–Crippen MR) is 84.4 cm³/mol. The van der Waals surface area contributed by atoms with Crippen molar-refractivity contribution in [3.63, 3.8) is 0 Å². The van der Waals surface area contributed by atoms with Gasteiger partial charge in [-0.3, -0.25) is 0 Å². The molecule has 0 aromatic heterocycles. The van der Waals surface area contributed by atoms with E-state index in [9.17, 15) is 4.39 Å². The molecule has 0 radical (unpaired) electrons. The standard InChI is InChI=1S/C13H19BrFIO5/c1-5-3-7(9(16)12(15)19-5)21-13-8(14)11-10(6(2)20-13)17-4-18-11/h5-13H,3-4H2,1-2H3/t5-,6-,7+,8-,9-,10+,11-,12-,13+/m1/s1. The van der Waals surface area contributed by atoms with Crippen molar-refractivity contribution in [3.8, 4) is 0 Å². The summed E-state index contributed by atoms with van der Waals surface area (Å²) < 4.78 is 41.7. The third-order valence-electron chi connectivity index (χ3n) is 4.07. The third-order valence-corrected chi connectivity index (χ3v) is 6.39. The molecule has 0 bridgehead atoms. The van der Waals surface area contributed by atoms with E-state index in [-0.39, 0.29) is 46.1 Å². The van der Waals surface area contributed by atoms with E-state index >= 15 is 0 Å². The fourth-order valence-electron chi connectivity index (χ4n) is 2.97. The molecule has 3 aliphatic heterocycles. The Bertz CT molecular complexity index is 378. The van der Waals surface area contributed by atoms with Crippen molar-refractivity contribution in [2.75, 3.05) is 6.79 Å². The van der Waals surface area contributed by atoms with Gasteiger partial charge in [-0.05, 0) is 13.8 Å². The number of halogens is 3. The SMILES string of the molecule is C[C@@H]1C[C@H](O[C@@H]2O[C@H](C)[C@@H]3OCO[C@@H]3[C@H]2Br)[C@@H](I)[C@H](F)O1. The molecule has 3 heterocycles. The second-order valence-corrected chi connectivity index (χ2v) is 8.18. The zero-order valence-corrected chi connectivity index (χ0v) is 15.5. The minimum Gasteiger partial charge on any atom is -0.348 e. The second kappa shape index (κ2) is 6.82. The molecule has 0 amide bonds. The van der Waals surface area contributed by atoms with Gasteiger partial charge in [0.1, 0.15) is 19.0 Å². The largest absolute Gasteiger partial charge is 0.348 e. The molecule has 8 heteroatoms. The quantitative estimate of drug-likeness (QED) is 0.449. The van der Waals surface area contributed by atoms with E-state index in [0.29, 0.717) is 6.42 Å². The van der Waals surface area contributed by atoms with Gasteiger partial charge in [0, 0.05) is 6.42 Å². The molecule has 0 aromatic carbocycles. The van der Waals surface area contributed by atoms with Crippen LogP contribution in [0.25, 0.3) is 0 Å². The van der Waals surface area contributed by atoms with E-state index in [1.807, 2.05) is 36.4 Å². The van der Waals surface area contributed by atoms with Gasteiger partial charge in [-0.25, -0.2) is 4.39 Å². The topological polar surface area (TPSA) is 46.2 Å². The van der Waals surface area contributed by atoms with Gasteiger partial charge in [-0.15, -0.1) is 0 Å². The van der Waals surface area contributed by atoms with Crippen LogP contribution in [0.1, 0.15) is 20.3 Å². The van der Waals surface area contributed by atoms with Crippen molar-refractivity contribution in [3.05, 3.63) is 0 Å². The second-order valence-electron chi connectivity index (χ2n) is 5.69. The number of rotatable bonds is 2. The number of ether oxygens (including phenoxy) is 5. The zero-order valence-electron chi connectivity index (χ0n) is 11.8. The predicted octanol–water partition coefficient (Wildman–Crippen LogP) is 2.53. The first-order valence-corrected chi connectivity index (χ1v) is 9.25. The number of hydrogen-bond donors (Lipinski definition) is 0. The molecule has 3 aliphatic rings. The van der Waals surface area contributed by atoms with Gasteiger partial charge in [0.25, 0.3) is 0 Å². The van der Waals surface area contributed by atoms with Crippen LogP contribution in [0.4, 0.5) is 4.39 Å². The van der Waals surface area contributed by atoms with Gasteiger partial charge < -0.3 is 23.7 Å². The molecule has 0 spiro atoms. The Morgan fingerprint density at radius 2 is 1.90 bits per heavy atom. The van der Waals surface area contributed by atoms with Gasteiger partial charge in [0.2, 0.25) is 6.36 Å². The van der Waals surface area contributed by atoms with Crippen molar-refractivity contribution in [2.24, 2.45) is 0 Å². The molecule has 0 aliphatic carbocycles. The van der Waals surface area contributed by atoms with Crippen LogP contribution >= 0.6 is 38.5 Å². The van der Waals surface area contributed by atoms with Crippen LogP contribution in [0, 0.1) is 0 Å². The Balaban J connectivity index is 1.66. The minimum absolute atomic E-state index is 0.0906. The molecule has 0 unspecified atom stereocenters. The molecule has 0 aromatic rings. The van der Waals surface area contributed by atoms with E-state index in [0.717, 1.165) is 0 Å². The summed E-state index contributed by atoms with van der Waals surface area (Å²) in [6.07, 6.45) is -1.88. The van der Waals surface area contributed by atoms with Gasteiger partial charge >= 0.3 is 0 Å². The molecule has 0 N–H and O–H groups in total. The lowest BCUT2D eigenvalue weighted by atomic mass is 10.0. The summed E-state index contributed by atoms with van der Waals surface area (Å²) in [6.45, 7) is 4.06. The van der Waals surface area contributed by atoms with Gasteiger partial charge in [-0.2, -0.15) is 0 Å². The Morgan fingerprint density at radius 1 is 1.19 bits per heavy atom. The lowest BCUT2D eigenvalue weighted by Gasteiger charge is -2.42. The van der Waals surface area contributed by atoms with Gasteiger partial charge in [0.15, 0.2) is 6.29 Å². The summed E-state index contributed by atoms with van der Waals surface area (Å²) in [7, 11) is 0. The van der Waals surface area contributed by atoms with Crippen LogP contribution in [0.15, 0.2) is 0 Å². The molecule has 9 atom stereocenters. The highest BCUT2D eigenvalue weighted by Crippen LogP contribution is 2.37. The van der Waals surface area contributed by atoms with Gasteiger partial charge in [-0.1, -0.05) is 38.5 Å². The molecule has 3 saturated heterocycles. The van der Waals surface area contributed by atoms with E-state index in [1.54, 1.807) is 0 Å². The average molecular weight is 481 g/mol. The Labute approximate surface area is 145 Å². The lowest BCUT2D eigenvalue weighted by Crippen LogP contribution is -2.56. The molecule has 0 saturated carbocycles. The van der Waals surface area contributed by atoms with Crippen LogP contribution in [0.5, 0.6) is 0 Å². The normalized spacial score (nSPS) is 54.4. The van der Waals surface area contributed by atoms with Crippen LogP contribution in [0.3, 0.4) is 0 Å². The van der Waals surface area contributed by atoms with Crippen LogP contribution in [0.2, 0.25) is 0 Å². The summed E-state index contributed by atoms with van der Waals surface area (Å²) in [6, 6.07) is 0. The van der Waals surface area contributed by atoms with E-state index in [4.69, 9.17) is 23.7 Å². The average Bonchev–Trinajstić information content (AvgIpc) is 2.91. The van der Waals surface area contributed by atoms with Crippen molar-refractivity contribution < 1.29 is 28.1 Å². The molecule has 3 rings (SSSR count). The van der Waals surface area contributed by atoms with Crippen LogP contribution in [-0.2, 0) is 23.7 Å². The van der Waals surface area contributed by atoms with Crippen molar-refractivity contribution >= 4 is 38.5 Å². The summed E-state index contributed by atoms with van der Waals surface area (Å²) in [5.41, 5.74) is 0. The molecule has 122 valence electrons. The zero-order chi connectivity index (χ0) is 15.1. The summed E-state index contributed by atoms with van der Waals surface area (Å²) in [5, 5.41) is 0. The number of hydrogen-bond acceptors (Lipinski definition) is 5. The fraction of sp³-hybridized carbons (Fsp3) is 1.00. The van der Waals surface area contributed by atoms with E-state index in [1.165, 1.54) is 0 Å². The third kappa shape index (κ3) is 3.41. The molecule has 3 fully saturated rings. The maximum atomic E-state index is 13.8. The first kappa shape index (κ1) is 16.8. The molecular weight excluding hydrogens is 462 g/mol. The minimum atomic E-state index is -1.31. The Morgan fingerprint density at radius 3 is 2.67 bits per heavy atom. The first-order valence-electron chi connectivity index (χ1n) is 7.09. The van der Waals surface area contributed by atoms with Crippen molar-refractivity contribution in [2.45, 2.75) is 72.2 Å². The fourth-order valence-corrected chi connectivity index (χ4v) is 4.30. The van der Waals surface area contributed by atoms with Crippen LogP contribution < -0.4 is 0 Å². The number of fused-ring (bicyclic) bond motifs is 1. The summed E-state index contributed by atoms with van der Waals surface area (Å²) in [5.74, 6) is 0. The van der Waals surface area contributed by atoms with Gasteiger partial charge in [0.05, 0.1) is 27.1 Å². The highest BCUT2D eigenvalue weighted by Gasteiger charge is 2.50. The summed E-state index contributed by atoms with van der Waals surface area (Å²) in [4.78, 5) is -0.138. The van der Waals surface area contributed by atoms with Crippen LogP contribution in [-0.4, -0.2) is 58.7 Å². The highest BCUT2D eigenvalue weighted by molar-refractivity contribution is 14.1. The van der Waals surface area contributed by atoms with Crippen molar-refractivity contribution in [1.82, 2.24) is 0 Å². The molecule has 5 nitrogen and oxygen atoms in total. The number of alkyl halides is 3. The Hall–Kier alpha value is 0.940. The highest BCUT2D eigenvalue weighted by atomic mass is 127. The first-order chi connectivity index (χ1) is 9.97. The maximum Gasteiger partial charge on any atom is 0.213 e. The molecule has 21 heavy (non-hydrogen) atoms. The lowest BCUT2D eigenvalue weighted by molar-refractivity contribution is -0.254. The molecular formula is C13H19BrFIO5. The van der Waals surface area contributed by atoms with E-state index < -0.39 is 12.6 Å². The maximum absolute atomic E-state index is 13.8. The monoisotopic (exact) mass is 480 g/mol. The van der Waals surface area contributed by atoms with E-state index in [2.05, 4.69) is 15.9 Å². The Kier molecular flexibility index (Phi) is 5.45. The van der Waals surface area contributed by atoms with Crippen molar-refractivity contribution in [1.29, 1.82) is 0 Å².